The van der Waals surface area contributed by atoms with Gasteiger partial charge in [0.05, 0.1) is 12.6 Å². The summed E-state index contributed by atoms with van der Waals surface area (Å²) in [5.74, 6) is 5.31. The molecule has 58 heavy (non-hydrogen) atoms. The van der Waals surface area contributed by atoms with Crippen molar-refractivity contribution in [3.63, 3.8) is 0 Å². The Labute approximate surface area is 345 Å². The van der Waals surface area contributed by atoms with Crippen molar-refractivity contribution in [1.82, 2.24) is 4.57 Å². The highest BCUT2D eigenvalue weighted by Crippen LogP contribution is 2.44. The maximum atomic E-state index is 7.02. The van der Waals surface area contributed by atoms with E-state index in [0.717, 1.165) is 50.9 Å². The Hall–Kier alpha value is -5.55. The zero-order chi connectivity index (χ0) is 41.0. The lowest BCUT2D eigenvalue weighted by molar-refractivity contribution is -0.633. The average molecular weight is 764 g/mol. The maximum Gasteiger partial charge on any atom is 0.295 e. The topological polar surface area (TPSA) is 27.3 Å². The largest absolute Gasteiger partial charge is 0.458 e. The number of aromatic nitrogens is 2. The minimum Gasteiger partial charge on any atom is -0.458 e. The van der Waals surface area contributed by atoms with E-state index in [0.29, 0.717) is 11.8 Å². The van der Waals surface area contributed by atoms with Gasteiger partial charge in [0.1, 0.15) is 28.7 Å². The van der Waals surface area contributed by atoms with Crippen molar-refractivity contribution in [3.05, 3.63) is 137 Å². The minimum absolute atomic E-state index is 0.00620. The first-order valence-corrected chi connectivity index (χ1v) is 21.1. The Bertz CT molecular complexity index is 2680. The molecule has 0 aliphatic carbocycles. The van der Waals surface area contributed by atoms with Crippen LogP contribution in [0.25, 0.3) is 39.2 Å². The number of hydrogen-bond acceptors (Lipinski definition) is 2. The fourth-order valence-electron chi connectivity index (χ4n) is 9.34. The highest BCUT2D eigenvalue weighted by atomic mass is 16.5. The van der Waals surface area contributed by atoms with E-state index in [-0.39, 0.29) is 17.5 Å². The van der Waals surface area contributed by atoms with Gasteiger partial charge in [-0.05, 0) is 105 Å². The van der Waals surface area contributed by atoms with Gasteiger partial charge < -0.3 is 9.47 Å². The molecule has 0 saturated carbocycles. The van der Waals surface area contributed by atoms with Gasteiger partial charge in [0, 0.05) is 22.2 Å². The number of rotatable bonds is 5. The van der Waals surface area contributed by atoms with E-state index in [1.54, 1.807) is 0 Å². The van der Waals surface area contributed by atoms with Gasteiger partial charge >= 0.3 is 0 Å². The Balaban J connectivity index is 1.35. The lowest BCUT2D eigenvalue weighted by atomic mass is 9.34. The van der Waals surface area contributed by atoms with Crippen LogP contribution >= 0.6 is 0 Å². The van der Waals surface area contributed by atoms with Gasteiger partial charge in [0.2, 0.25) is 0 Å². The summed E-state index contributed by atoms with van der Waals surface area (Å²) in [7, 11) is 2.22. The molecule has 6 aromatic carbocycles. The fraction of sp³-hybridized carbons (Fsp3) is 0.302. The zero-order valence-electron chi connectivity index (χ0n) is 36.3. The molecule has 0 unspecified atom stereocenters. The number of benzene rings is 6. The molecule has 1 aromatic heterocycles. The van der Waals surface area contributed by atoms with Crippen molar-refractivity contribution in [3.8, 4) is 51.2 Å². The number of fused-ring (bicyclic) bond motifs is 5. The molecule has 9 rings (SSSR count). The van der Waals surface area contributed by atoms with Crippen molar-refractivity contribution < 1.29 is 14.0 Å². The van der Waals surface area contributed by atoms with Crippen LogP contribution in [0.1, 0.15) is 109 Å². The second-order valence-corrected chi connectivity index (χ2v) is 19.3. The molecule has 0 saturated heterocycles. The summed E-state index contributed by atoms with van der Waals surface area (Å²) in [6.45, 7) is 25.1. The van der Waals surface area contributed by atoms with E-state index >= 15 is 0 Å². The zero-order valence-corrected chi connectivity index (χ0v) is 36.3. The summed E-state index contributed by atoms with van der Waals surface area (Å²) in [6.07, 6.45) is 0. The van der Waals surface area contributed by atoms with Crippen molar-refractivity contribution in [2.75, 3.05) is 0 Å². The first-order chi connectivity index (χ1) is 27.5. The maximum absolute atomic E-state index is 7.02. The van der Waals surface area contributed by atoms with Gasteiger partial charge in [0.15, 0.2) is 11.0 Å². The monoisotopic (exact) mass is 763 g/mol. The molecular formula is C53H56BN2O2+. The molecule has 2 aliphatic rings. The average Bonchev–Trinajstić information content (AvgIpc) is 3.47. The van der Waals surface area contributed by atoms with Crippen molar-refractivity contribution in [2.45, 2.75) is 98.8 Å². The van der Waals surface area contributed by atoms with Crippen LogP contribution in [0.3, 0.4) is 0 Å². The van der Waals surface area contributed by atoms with E-state index < -0.39 is 0 Å². The van der Waals surface area contributed by atoms with Crippen LogP contribution in [-0.2, 0) is 17.9 Å². The summed E-state index contributed by atoms with van der Waals surface area (Å²) >= 11 is 0. The van der Waals surface area contributed by atoms with Crippen LogP contribution in [0.5, 0.6) is 23.0 Å². The van der Waals surface area contributed by atoms with Gasteiger partial charge in [-0.15, -0.1) is 0 Å². The van der Waals surface area contributed by atoms with E-state index in [2.05, 4.69) is 202 Å². The molecule has 0 bridgehead atoms. The number of ether oxygens (including phenoxy) is 2. The molecule has 0 atom stereocenters. The third kappa shape index (κ3) is 6.00. The first-order valence-electron chi connectivity index (χ1n) is 21.1. The summed E-state index contributed by atoms with van der Waals surface area (Å²) in [5.41, 5.74) is 17.0. The summed E-state index contributed by atoms with van der Waals surface area (Å²) < 4.78 is 19.0. The standard InChI is InChI=1S/C53H56BN2O2/c1-31(2)37-19-15-20-38(32(3)4)49(37)56-50-40(21-16-22-43(50)55(12)51(56)39-18-14-13-17-33(39)5)34-27-46-48-47(28-34)58-45-26-24-36(53(9,10)11)30-42(45)54(48)41-29-35(52(6,7)8)23-25-44(41)57-46/h13-32H,1-12H3/q+1. The number of imidazole rings is 1. The molecule has 4 nitrogen and oxygen atoms in total. The number of para-hydroxylation sites is 2. The molecule has 0 fully saturated rings. The van der Waals surface area contributed by atoms with E-state index in [1.165, 1.54) is 55.5 Å². The highest BCUT2D eigenvalue weighted by Gasteiger charge is 2.42. The van der Waals surface area contributed by atoms with Crippen molar-refractivity contribution >= 4 is 34.1 Å². The summed E-state index contributed by atoms with van der Waals surface area (Å²) in [6, 6.07) is 40.5. The minimum atomic E-state index is -0.0206. The lowest BCUT2D eigenvalue weighted by Gasteiger charge is -2.35. The highest BCUT2D eigenvalue weighted by molar-refractivity contribution is 6.98. The number of nitrogens with zero attached hydrogens (tertiary/aromatic N) is 2. The Morgan fingerprint density at radius 3 is 1.62 bits per heavy atom. The molecule has 5 heteroatoms. The van der Waals surface area contributed by atoms with Crippen LogP contribution < -0.4 is 30.4 Å². The molecule has 0 N–H and O–H groups in total. The normalized spacial score (nSPS) is 13.4. The van der Waals surface area contributed by atoms with Gasteiger partial charge in [-0.2, -0.15) is 4.57 Å². The SMILES string of the molecule is Cc1ccccc1-c1n(-c2c(C(C)C)cccc2C(C)C)c2c(-c3cc4c5c(c3)Oc3ccc(C(C)(C)C)cc3B5c3cc(C(C)(C)C)ccc3O4)cccc2[n+]1C. The molecule has 0 spiro atoms. The van der Waals surface area contributed by atoms with E-state index in [9.17, 15) is 0 Å². The predicted molar refractivity (Wildman–Crippen MR) is 243 cm³/mol. The third-order valence-electron chi connectivity index (χ3n) is 12.6. The first kappa shape index (κ1) is 38.0. The smallest absolute Gasteiger partial charge is 0.295 e. The van der Waals surface area contributed by atoms with E-state index in [1.807, 2.05) is 0 Å². The Morgan fingerprint density at radius 2 is 1.10 bits per heavy atom. The molecule has 2 aliphatic heterocycles. The Morgan fingerprint density at radius 1 is 0.586 bits per heavy atom. The van der Waals surface area contributed by atoms with Gasteiger partial charge in [-0.3, -0.25) is 0 Å². The second-order valence-electron chi connectivity index (χ2n) is 19.3. The number of hydrogen-bond donors (Lipinski definition) is 0. The summed E-state index contributed by atoms with van der Waals surface area (Å²) in [5, 5.41) is 0. The fourth-order valence-corrected chi connectivity index (χ4v) is 9.34. The van der Waals surface area contributed by atoms with Crippen LogP contribution in [0.2, 0.25) is 0 Å². The summed E-state index contributed by atoms with van der Waals surface area (Å²) in [4.78, 5) is 0. The lowest BCUT2D eigenvalue weighted by Crippen LogP contribution is -2.57. The quantitative estimate of drug-likeness (QED) is 0.129. The Kier molecular flexibility index (Phi) is 8.85. The van der Waals surface area contributed by atoms with Crippen LogP contribution in [-0.4, -0.2) is 11.3 Å². The van der Waals surface area contributed by atoms with Crippen molar-refractivity contribution in [1.29, 1.82) is 0 Å². The molecule has 7 aromatic rings. The molecule has 0 amide bonds. The van der Waals surface area contributed by atoms with Gasteiger partial charge in [-0.25, -0.2) is 4.57 Å². The predicted octanol–water partition coefficient (Wildman–Crippen LogP) is 11.7. The third-order valence-corrected chi connectivity index (χ3v) is 12.6. The molecule has 3 heterocycles. The van der Waals surface area contributed by atoms with E-state index in [4.69, 9.17) is 9.47 Å². The van der Waals surface area contributed by atoms with Gasteiger partial charge in [0.25, 0.3) is 12.5 Å². The molecule has 292 valence electrons. The van der Waals surface area contributed by atoms with Gasteiger partial charge in [-0.1, -0.05) is 136 Å². The van der Waals surface area contributed by atoms with Crippen molar-refractivity contribution in [2.24, 2.45) is 7.05 Å². The van der Waals surface area contributed by atoms with Crippen LogP contribution in [0.4, 0.5) is 0 Å². The molecule has 0 radical (unpaired) electrons. The van der Waals surface area contributed by atoms with Crippen LogP contribution in [0, 0.1) is 6.92 Å². The molecular weight excluding hydrogens is 707 g/mol. The van der Waals surface area contributed by atoms with Crippen LogP contribution in [0.15, 0.2) is 109 Å². The number of aryl methyl sites for hydroxylation is 2. The second kappa shape index (κ2) is 13.5.